The van der Waals surface area contributed by atoms with Gasteiger partial charge >= 0.3 is 23.8 Å². The number of amides is 5. The van der Waals surface area contributed by atoms with Crippen LogP contribution in [-0.2, 0) is 24.0 Å². The minimum atomic E-state index is -1.15. The molecule has 36 heavy (non-hydrogen) atoms. The Morgan fingerprint density at radius 1 is 1.11 bits per heavy atom. The van der Waals surface area contributed by atoms with Gasteiger partial charge in [0.1, 0.15) is 12.1 Å². The lowest BCUT2D eigenvalue weighted by Gasteiger charge is -2.43. The fraction of sp³-hybridized carbons (Fsp3) is 0.500. The number of benzene rings is 1. The van der Waals surface area contributed by atoms with Crippen LogP contribution in [0.15, 0.2) is 30.3 Å². The molecule has 0 bridgehead atoms. The first kappa shape index (κ1) is 25.7. The third kappa shape index (κ3) is 4.34. The van der Waals surface area contributed by atoms with Crippen molar-refractivity contribution < 1.29 is 33.9 Å². The van der Waals surface area contributed by atoms with Crippen LogP contribution < -0.4 is 5.32 Å². The summed E-state index contributed by atoms with van der Waals surface area (Å²) < 4.78 is -0.718. The van der Waals surface area contributed by atoms with Crippen LogP contribution in [-0.4, -0.2) is 91.1 Å². The number of nitrogens with zero attached hydrogens (tertiary/aromatic N) is 3. The number of hydrogen-bond acceptors (Lipinski definition) is 7. The zero-order valence-corrected chi connectivity index (χ0v) is 21.0. The maximum Gasteiger partial charge on any atom is 0.327 e. The third-order valence-electron chi connectivity index (χ3n) is 6.86. The largest absolute Gasteiger partial charge is 0.480 e. The van der Waals surface area contributed by atoms with Gasteiger partial charge in [0.2, 0.25) is 5.91 Å². The summed E-state index contributed by atoms with van der Waals surface area (Å²) in [7, 11) is 0. The van der Waals surface area contributed by atoms with Crippen LogP contribution in [0.1, 0.15) is 38.8 Å². The molecule has 4 rings (SSSR count). The Bertz CT molecular complexity index is 1120. The molecule has 0 aromatic heterocycles. The van der Waals surface area contributed by atoms with E-state index in [1.165, 1.54) is 21.6 Å². The van der Waals surface area contributed by atoms with E-state index < -0.39 is 63.6 Å². The van der Waals surface area contributed by atoms with E-state index in [1.54, 1.807) is 51.1 Å². The first-order valence-corrected chi connectivity index (χ1v) is 12.6. The number of carbonyl (C=O) groups excluding carboxylic acids is 5. The summed E-state index contributed by atoms with van der Waals surface area (Å²) in [6.45, 7) is 5.78. The quantitative estimate of drug-likeness (QED) is 0.401. The van der Waals surface area contributed by atoms with Crippen LogP contribution in [0.2, 0.25) is 0 Å². The summed E-state index contributed by atoms with van der Waals surface area (Å²) in [5.74, 6) is -4.41. The molecule has 3 aliphatic heterocycles. The van der Waals surface area contributed by atoms with Crippen LogP contribution >= 0.6 is 11.8 Å². The Morgan fingerprint density at radius 3 is 2.39 bits per heavy atom. The van der Waals surface area contributed by atoms with E-state index >= 15 is 0 Å². The first-order valence-electron chi connectivity index (χ1n) is 11.7. The normalized spacial score (nSPS) is 25.8. The second kappa shape index (κ2) is 9.57. The second-order valence-corrected chi connectivity index (χ2v) is 11.3. The molecular weight excluding hydrogens is 488 g/mol. The van der Waals surface area contributed by atoms with Gasteiger partial charge in [0.05, 0.1) is 11.3 Å². The highest BCUT2D eigenvalue weighted by Crippen LogP contribution is 2.54. The number of carbonyl (C=O) groups is 6. The zero-order chi connectivity index (χ0) is 26.4. The van der Waals surface area contributed by atoms with Gasteiger partial charge < -0.3 is 20.2 Å². The fourth-order valence-corrected chi connectivity index (χ4v) is 6.66. The number of carboxylic acids is 1. The Kier molecular flexibility index (Phi) is 6.82. The molecule has 1 aromatic carbocycles. The van der Waals surface area contributed by atoms with Gasteiger partial charge in [0, 0.05) is 30.8 Å². The molecular formula is C24H28N4O7S. The number of likely N-dealkylation sites (N-methyl/N-ethyl adjacent to an activating group) is 1. The lowest BCUT2D eigenvalue weighted by atomic mass is 9.86. The molecule has 1 unspecified atom stereocenters. The molecule has 12 heteroatoms. The number of carboxylic acid groups (broad SMARTS) is 1. The number of imide groups is 1. The highest BCUT2D eigenvalue weighted by molar-refractivity contribution is 8.01. The van der Waals surface area contributed by atoms with Crippen LogP contribution in [0.4, 0.5) is 4.79 Å². The van der Waals surface area contributed by atoms with Gasteiger partial charge in [-0.05, 0) is 26.3 Å². The number of β-lactam (4-membered cyclic amide) rings is 1. The van der Waals surface area contributed by atoms with E-state index in [4.69, 9.17) is 0 Å². The molecule has 0 aliphatic carbocycles. The maximum absolute atomic E-state index is 13.4. The summed E-state index contributed by atoms with van der Waals surface area (Å²) in [5, 5.41) is 11.7. The van der Waals surface area contributed by atoms with Crippen LogP contribution in [0.5, 0.6) is 0 Å². The molecule has 3 heterocycles. The van der Waals surface area contributed by atoms with Crippen molar-refractivity contribution in [2.24, 2.45) is 5.92 Å². The van der Waals surface area contributed by atoms with E-state index in [-0.39, 0.29) is 19.5 Å². The molecule has 3 saturated heterocycles. The molecule has 3 fully saturated rings. The van der Waals surface area contributed by atoms with Gasteiger partial charge in [-0.15, -0.1) is 11.8 Å². The smallest absolute Gasteiger partial charge is 0.327 e. The summed E-state index contributed by atoms with van der Waals surface area (Å²) in [4.78, 5) is 79.2. The number of nitrogens with one attached hydrogen (secondary N) is 1. The molecule has 3 aliphatic rings. The van der Waals surface area contributed by atoms with Gasteiger partial charge in [0.15, 0.2) is 5.78 Å². The molecule has 2 N–H and O–H groups in total. The van der Waals surface area contributed by atoms with E-state index in [1.807, 2.05) is 0 Å². The average Bonchev–Trinajstić information content (AvgIpc) is 3.10. The van der Waals surface area contributed by atoms with E-state index in [9.17, 15) is 33.9 Å². The summed E-state index contributed by atoms with van der Waals surface area (Å²) in [6, 6.07) is 5.43. The van der Waals surface area contributed by atoms with Crippen molar-refractivity contribution >= 4 is 47.3 Å². The Morgan fingerprint density at radius 2 is 1.78 bits per heavy atom. The van der Waals surface area contributed by atoms with E-state index in [0.717, 1.165) is 4.90 Å². The third-order valence-corrected chi connectivity index (χ3v) is 8.49. The first-order chi connectivity index (χ1) is 17.0. The summed E-state index contributed by atoms with van der Waals surface area (Å²) >= 11 is 1.34. The molecule has 0 radical (unpaired) electrons. The average molecular weight is 517 g/mol. The fourth-order valence-electron chi connectivity index (χ4n) is 4.98. The van der Waals surface area contributed by atoms with Gasteiger partial charge in [-0.3, -0.25) is 24.1 Å². The van der Waals surface area contributed by atoms with Gasteiger partial charge in [-0.25, -0.2) is 9.59 Å². The van der Waals surface area contributed by atoms with Gasteiger partial charge in [-0.2, -0.15) is 0 Å². The number of rotatable bonds is 7. The van der Waals surface area contributed by atoms with Crippen molar-refractivity contribution in [2.45, 2.75) is 49.4 Å². The van der Waals surface area contributed by atoms with E-state index in [0.29, 0.717) is 12.1 Å². The number of fused-ring (bicyclic) bond motifs is 1. The van der Waals surface area contributed by atoms with Gasteiger partial charge in [-0.1, -0.05) is 30.3 Å². The molecule has 4 atom stereocenters. The van der Waals surface area contributed by atoms with Crippen LogP contribution in [0, 0.1) is 5.92 Å². The minimum absolute atomic E-state index is 0.000388. The molecule has 5 amide bonds. The topological polar surface area (TPSA) is 144 Å². The van der Waals surface area contributed by atoms with Gasteiger partial charge in [0.25, 0.3) is 0 Å². The number of Topliss-reactive ketones (excluding diaryl/α,β-unsaturated/α-hetero) is 1. The minimum Gasteiger partial charge on any atom is -0.480 e. The molecule has 0 saturated carbocycles. The van der Waals surface area contributed by atoms with Crippen LogP contribution in [0.3, 0.4) is 0 Å². The number of piperazine rings is 1. The van der Waals surface area contributed by atoms with Crippen molar-refractivity contribution in [3.05, 3.63) is 35.9 Å². The summed E-state index contributed by atoms with van der Waals surface area (Å²) in [6.07, 6.45) is -0.203. The second-order valence-electron chi connectivity index (χ2n) is 9.51. The van der Waals surface area contributed by atoms with Crippen LogP contribution in [0.25, 0.3) is 0 Å². The molecule has 11 nitrogen and oxygen atoms in total. The Balaban J connectivity index is 1.51. The number of thioether (sulfide) groups is 1. The highest BCUT2D eigenvalue weighted by atomic mass is 32.2. The number of urea groups is 1. The standard InChI is InChI=1S/C24H28N4O7S/c1-4-26-10-11-27(20(32)19(26)31)23(35)25-16(13-8-6-5-7-9-13)15(29)12-14-18(30)28-17(22(33)34)24(2,3)36-21(14)28/h5-9,14,16-17,21H,4,10-12H2,1-3H3,(H,25,35)(H,33,34)/t14-,16-,17+,21?/m1/s1. The Hall–Kier alpha value is -3.41. The number of aliphatic carboxylic acids is 1. The van der Waals surface area contributed by atoms with Crippen molar-refractivity contribution in [1.29, 1.82) is 0 Å². The van der Waals surface area contributed by atoms with Crippen molar-refractivity contribution in [1.82, 2.24) is 20.0 Å². The predicted octanol–water partition coefficient (Wildman–Crippen LogP) is 0.850. The molecule has 1 aromatic rings. The zero-order valence-electron chi connectivity index (χ0n) is 20.2. The number of ketones is 1. The van der Waals surface area contributed by atoms with Crippen molar-refractivity contribution in [3.8, 4) is 0 Å². The predicted molar refractivity (Wildman–Crippen MR) is 129 cm³/mol. The monoisotopic (exact) mass is 516 g/mol. The van der Waals surface area contributed by atoms with E-state index in [2.05, 4.69) is 5.32 Å². The number of hydrogen-bond donors (Lipinski definition) is 2. The lowest BCUT2D eigenvalue weighted by Crippen LogP contribution is -2.63. The maximum atomic E-state index is 13.4. The molecule has 0 spiro atoms. The van der Waals surface area contributed by atoms with Crippen molar-refractivity contribution in [2.75, 3.05) is 19.6 Å². The Labute approximate surface area is 212 Å². The molecule has 192 valence electrons. The van der Waals surface area contributed by atoms with Crippen molar-refractivity contribution in [3.63, 3.8) is 0 Å². The lowest BCUT2D eigenvalue weighted by molar-refractivity contribution is -0.164. The summed E-state index contributed by atoms with van der Waals surface area (Å²) in [5.41, 5.74) is 0.466. The highest BCUT2D eigenvalue weighted by Gasteiger charge is 2.63. The SMILES string of the molecule is CCN1CCN(C(=O)N[C@@H](C(=O)C[C@@H]2C(=O)N3C2SC(C)(C)[C@@H]3C(=O)O)c2ccccc2)C(=O)C1=O.